The zero-order valence-electron chi connectivity index (χ0n) is 10.5. The van der Waals surface area contributed by atoms with Crippen LogP contribution in [0.25, 0.3) is 6.08 Å². The highest BCUT2D eigenvalue weighted by Crippen LogP contribution is 2.32. The summed E-state index contributed by atoms with van der Waals surface area (Å²) in [5, 5.41) is 8.83. The highest BCUT2D eigenvalue weighted by molar-refractivity contribution is 8.18. The summed E-state index contributed by atoms with van der Waals surface area (Å²) in [6.45, 7) is -0.404. The lowest BCUT2D eigenvalue weighted by atomic mass is 10.2. The Labute approximate surface area is 119 Å². The van der Waals surface area contributed by atoms with Gasteiger partial charge in [0.15, 0.2) is 0 Å². The number of benzene rings is 1. The number of carbonyl (C=O) groups excluding carboxylic acids is 3. The Kier molecular flexibility index (Phi) is 4.09. The van der Waals surface area contributed by atoms with Crippen molar-refractivity contribution in [3.63, 3.8) is 0 Å². The average Bonchev–Trinajstić information content (AvgIpc) is 2.66. The summed E-state index contributed by atoms with van der Waals surface area (Å²) in [7, 11) is 1.18. The molecule has 1 aliphatic heterocycles. The summed E-state index contributed by atoms with van der Waals surface area (Å²) >= 11 is 0.744. The van der Waals surface area contributed by atoms with Gasteiger partial charge >= 0.3 is 5.97 Å². The smallest absolute Gasteiger partial charge is 0.325 e. The lowest BCUT2D eigenvalue weighted by molar-refractivity contribution is -0.143. The van der Waals surface area contributed by atoms with Crippen molar-refractivity contribution in [2.75, 3.05) is 13.7 Å². The molecule has 20 heavy (non-hydrogen) atoms. The minimum Gasteiger partial charge on any atom is -0.508 e. The number of imide groups is 1. The third-order valence-electron chi connectivity index (χ3n) is 2.56. The van der Waals surface area contributed by atoms with Gasteiger partial charge in [-0.05, 0) is 35.5 Å². The van der Waals surface area contributed by atoms with Gasteiger partial charge < -0.3 is 9.84 Å². The van der Waals surface area contributed by atoms with Crippen LogP contribution in [-0.4, -0.2) is 40.8 Å². The molecule has 0 aromatic heterocycles. The highest BCUT2D eigenvalue weighted by Gasteiger charge is 2.36. The van der Waals surface area contributed by atoms with Crippen LogP contribution in [0.1, 0.15) is 5.56 Å². The molecule has 1 aliphatic rings. The van der Waals surface area contributed by atoms with Crippen molar-refractivity contribution in [1.29, 1.82) is 0 Å². The van der Waals surface area contributed by atoms with E-state index in [4.69, 9.17) is 0 Å². The van der Waals surface area contributed by atoms with E-state index in [-0.39, 0.29) is 10.7 Å². The Morgan fingerprint density at radius 1 is 1.45 bits per heavy atom. The molecule has 2 amide bonds. The molecule has 0 atom stereocenters. The largest absolute Gasteiger partial charge is 0.508 e. The number of phenols is 1. The first-order valence-corrected chi connectivity index (χ1v) is 6.44. The van der Waals surface area contributed by atoms with Crippen molar-refractivity contribution in [2.45, 2.75) is 0 Å². The first-order chi connectivity index (χ1) is 9.51. The summed E-state index contributed by atoms with van der Waals surface area (Å²) in [5.41, 5.74) is 0.591. The van der Waals surface area contributed by atoms with Crippen molar-refractivity contribution < 1.29 is 24.2 Å². The lowest BCUT2D eigenvalue weighted by Gasteiger charge is -2.09. The van der Waals surface area contributed by atoms with Crippen LogP contribution >= 0.6 is 11.8 Å². The molecule has 7 heteroatoms. The summed E-state index contributed by atoms with van der Waals surface area (Å²) < 4.78 is 4.43. The fraction of sp³-hybridized carbons (Fsp3) is 0.154. The number of esters is 1. The van der Waals surface area contributed by atoms with Crippen LogP contribution in [-0.2, 0) is 14.3 Å². The molecule has 0 bridgehead atoms. The molecule has 0 radical (unpaired) electrons. The maximum Gasteiger partial charge on any atom is 0.325 e. The van der Waals surface area contributed by atoms with E-state index in [1.165, 1.54) is 25.3 Å². The second kappa shape index (κ2) is 5.79. The average molecular weight is 293 g/mol. The molecule has 0 aliphatic carbocycles. The quantitative estimate of drug-likeness (QED) is 0.673. The lowest BCUT2D eigenvalue weighted by Crippen LogP contribution is -2.34. The van der Waals surface area contributed by atoms with Gasteiger partial charge in [0.2, 0.25) is 0 Å². The summed E-state index contributed by atoms with van der Waals surface area (Å²) in [5.74, 6) is -1.15. The first-order valence-electron chi connectivity index (χ1n) is 5.62. The number of nitrogens with zero attached hydrogens (tertiary/aromatic N) is 1. The van der Waals surface area contributed by atoms with E-state index >= 15 is 0 Å². The highest BCUT2D eigenvalue weighted by atomic mass is 32.2. The zero-order valence-corrected chi connectivity index (χ0v) is 11.3. The number of methoxy groups -OCH3 is 1. The Morgan fingerprint density at radius 3 is 2.85 bits per heavy atom. The normalized spacial score (nSPS) is 16.9. The fourth-order valence-electron chi connectivity index (χ4n) is 1.60. The Bertz CT molecular complexity index is 611. The van der Waals surface area contributed by atoms with E-state index in [1.807, 2.05) is 0 Å². The molecule has 1 aromatic carbocycles. The third-order valence-corrected chi connectivity index (χ3v) is 3.46. The van der Waals surface area contributed by atoms with Gasteiger partial charge in [0, 0.05) is 0 Å². The molecule has 0 spiro atoms. The molecule has 1 fully saturated rings. The van der Waals surface area contributed by atoms with Crippen LogP contribution in [0.15, 0.2) is 29.2 Å². The minimum absolute atomic E-state index is 0.0625. The Hall–Kier alpha value is -2.28. The number of hydrogen-bond donors (Lipinski definition) is 1. The first kappa shape index (κ1) is 14.1. The third kappa shape index (κ3) is 3.00. The molecule has 1 N–H and O–H groups in total. The van der Waals surface area contributed by atoms with Gasteiger partial charge in [0.05, 0.1) is 12.0 Å². The zero-order chi connectivity index (χ0) is 14.7. The van der Waals surface area contributed by atoms with E-state index in [0.29, 0.717) is 5.56 Å². The van der Waals surface area contributed by atoms with Gasteiger partial charge in [-0.2, -0.15) is 0 Å². The topological polar surface area (TPSA) is 83.9 Å². The molecule has 1 heterocycles. The van der Waals surface area contributed by atoms with E-state index < -0.39 is 23.7 Å². The predicted molar refractivity (Wildman–Crippen MR) is 72.8 cm³/mol. The van der Waals surface area contributed by atoms with E-state index in [2.05, 4.69) is 4.74 Å². The molecule has 0 saturated carbocycles. The molecule has 1 aromatic rings. The van der Waals surface area contributed by atoms with Crippen LogP contribution in [0, 0.1) is 0 Å². The van der Waals surface area contributed by atoms with E-state index in [9.17, 15) is 19.5 Å². The molecule has 2 rings (SSSR count). The summed E-state index contributed by atoms with van der Waals surface area (Å²) in [6.07, 6.45) is 1.49. The number of ether oxygens (including phenoxy) is 1. The molecule has 1 saturated heterocycles. The van der Waals surface area contributed by atoms with Crippen LogP contribution in [0.4, 0.5) is 4.79 Å². The molecular weight excluding hydrogens is 282 g/mol. The van der Waals surface area contributed by atoms with Crippen molar-refractivity contribution in [1.82, 2.24) is 4.90 Å². The minimum atomic E-state index is -0.661. The number of phenolic OH excluding ortho intramolecular Hbond substituents is 1. The van der Waals surface area contributed by atoms with Crippen molar-refractivity contribution in [2.24, 2.45) is 0 Å². The SMILES string of the molecule is COC(=O)CN1C(=O)SC(=Cc2cccc(O)c2)C1=O. The number of hydrogen-bond acceptors (Lipinski definition) is 6. The standard InChI is InChI=1S/C13H11NO5S/c1-19-11(16)7-14-12(17)10(20-13(14)18)6-8-3-2-4-9(15)5-8/h2-6,15H,7H2,1H3. The van der Waals surface area contributed by atoms with Gasteiger partial charge in [-0.3, -0.25) is 19.3 Å². The van der Waals surface area contributed by atoms with Crippen molar-refractivity contribution >= 4 is 35.0 Å². The van der Waals surface area contributed by atoms with Gasteiger partial charge in [0.1, 0.15) is 12.3 Å². The second-order valence-electron chi connectivity index (χ2n) is 3.94. The van der Waals surface area contributed by atoms with Gasteiger partial charge in [0.25, 0.3) is 11.1 Å². The maximum absolute atomic E-state index is 12.0. The Morgan fingerprint density at radius 2 is 2.20 bits per heavy atom. The monoisotopic (exact) mass is 293 g/mol. The number of aromatic hydroxyl groups is 1. The number of thioether (sulfide) groups is 1. The number of amides is 2. The molecule has 0 unspecified atom stereocenters. The van der Waals surface area contributed by atoms with Crippen LogP contribution in [0.5, 0.6) is 5.75 Å². The van der Waals surface area contributed by atoms with Crippen molar-refractivity contribution in [3.8, 4) is 5.75 Å². The van der Waals surface area contributed by atoms with Crippen LogP contribution < -0.4 is 0 Å². The predicted octanol–water partition coefficient (Wildman–Crippen LogP) is 1.60. The van der Waals surface area contributed by atoms with Crippen LogP contribution in [0.2, 0.25) is 0 Å². The van der Waals surface area contributed by atoms with Crippen LogP contribution in [0.3, 0.4) is 0 Å². The molecule has 6 nitrogen and oxygen atoms in total. The van der Waals surface area contributed by atoms with Gasteiger partial charge in [-0.1, -0.05) is 12.1 Å². The van der Waals surface area contributed by atoms with Crippen molar-refractivity contribution in [3.05, 3.63) is 34.7 Å². The number of carbonyl (C=O) groups is 3. The summed E-state index contributed by atoms with van der Waals surface area (Å²) in [6, 6.07) is 6.28. The Balaban J connectivity index is 2.21. The molecular formula is C13H11NO5S. The molecule has 104 valence electrons. The maximum atomic E-state index is 12.0. The fourth-order valence-corrected chi connectivity index (χ4v) is 2.43. The summed E-state index contributed by atoms with van der Waals surface area (Å²) in [4.78, 5) is 35.8. The van der Waals surface area contributed by atoms with E-state index in [0.717, 1.165) is 16.7 Å². The van der Waals surface area contributed by atoms with E-state index in [1.54, 1.807) is 12.1 Å². The second-order valence-corrected chi connectivity index (χ2v) is 4.93. The number of rotatable bonds is 3. The van der Waals surface area contributed by atoms with Gasteiger partial charge in [-0.15, -0.1) is 0 Å². The van der Waals surface area contributed by atoms with Gasteiger partial charge in [-0.25, -0.2) is 0 Å².